The zero-order valence-electron chi connectivity index (χ0n) is 23.8. The molecule has 0 bridgehead atoms. The quantitative estimate of drug-likeness (QED) is 0.350. The van der Waals surface area contributed by atoms with Crippen LogP contribution in [0.1, 0.15) is 132 Å². The first-order valence-corrected chi connectivity index (χ1v) is 15.2. The predicted octanol–water partition coefficient (Wildman–Crippen LogP) is 8.28. The molecule has 2 heteroatoms. The Balaban J connectivity index is 1.64. The van der Waals surface area contributed by atoms with E-state index in [-0.39, 0.29) is 17.1 Å². The fourth-order valence-electron chi connectivity index (χ4n) is 9.99. The number of hydrogen-bond donors (Lipinski definition) is 2. The van der Waals surface area contributed by atoms with E-state index in [1.165, 1.54) is 51.4 Å². The molecule has 3 fully saturated rings. The summed E-state index contributed by atoms with van der Waals surface area (Å²) in [5.74, 6) is 5.05. The largest absolute Gasteiger partial charge is 0.393 e. The summed E-state index contributed by atoms with van der Waals surface area (Å²) >= 11 is 0. The topological polar surface area (TPSA) is 46.2 Å². The van der Waals surface area contributed by atoms with Crippen LogP contribution in [-0.4, -0.2) is 16.7 Å². The van der Waals surface area contributed by atoms with Crippen molar-refractivity contribution in [3.63, 3.8) is 0 Å². The smallest absolute Gasteiger partial charge is 0.0578 e. The van der Waals surface area contributed by atoms with Gasteiger partial charge in [-0.2, -0.15) is 0 Å². The first-order valence-electron chi connectivity index (χ1n) is 15.2. The molecular weight excluding hydrogens is 414 g/mol. The normalized spacial score (nSPS) is 41.3. The van der Waals surface area contributed by atoms with Gasteiger partial charge in [0.25, 0.3) is 0 Å². The molecule has 4 aliphatic carbocycles. The summed E-state index contributed by atoms with van der Waals surface area (Å²) in [6, 6.07) is 0. The lowest BCUT2D eigenvalue weighted by atomic mass is 9.45. The first-order chi connectivity index (χ1) is 16.0. The summed E-state index contributed by atoms with van der Waals surface area (Å²) in [6.07, 6.45) is 16.0. The van der Waals surface area contributed by atoms with Crippen molar-refractivity contribution in [1.29, 1.82) is 0 Å². The van der Waals surface area contributed by atoms with Gasteiger partial charge in [-0.15, -0.1) is 0 Å². The van der Waals surface area contributed by atoms with E-state index >= 15 is 0 Å². The van der Waals surface area contributed by atoms with Crippen LogP contribution < -0.4 is 5.73 Å². The molecule has 0 aromatic heterocycles. The molecule has 0 aromatic rings. The molecule has 4 rings (SSSR count). The highest BCUT2D eigenvalue weighted by Gasteiger charge is 2.60. The van der Waals surface area contributed by atoms with Crippen LogP contribution in [0.4, 0.5) is 0 Å². The highest BCUT2D eigenvalue weighted by molar-refractivity contribution is 5.37. The summed E-state index contributed by atoms with van der Waals surface area (Å²) in [5, 5.41) is 10.7. The van der Waals surface area contributed by atoms with Crippen molar-refractivity contribution in [1.82, 2.24) is 0 Å². The highest BCUT2D eigenvalue weighted by Crippen LogP contribution is 2.69. The third-order valence-electron chi connectivity index (χ3n) is 12.2. The third kappa shape index (κ3) is 4.36. The van der Waals surface area contributed by atoms with Gasteiger partial charge >= 0.3 is 0 Å². The van der Waals surface area contributed by atoms with Crippen LogP contribution in [0.5, 0.6) is 0 Å². The fourth-order valence-corrected chi connectivity index (χ4v) is 9.99. The Morgan fingerprint density at radius 1 is 0.941 bits per heavy atom. The lowest BCUT2D eigenvalue weighted by Crippen LogP contribution is -2.55. The van der Waals surface area contributed by atoms with Crippen LogP contribution in [0.3, 0.4) is 0 Å². The average molecular weight is 472 g/mol. The van der Waals surface area contributed by atoms with E-state index in [1.54, 1.807) is 11.1 Å². The Hall–Kier alpha value is -0.340. The van der Waals surface area contributed by atoms with Crippen LogP contribution in [0.25, 0.3) is 0 Å². The van der Waals surface area contributed by atoms with Crippen LogP contribution in [-0.2, 0) is 0 Å². The van der Waals surface area contributed by atoms with E-state index in [0.29, 0.717) is 5.41 Å². The van der Waals surface area contributed by atoms with Crippen LogP contribution >= 0.6 is 0 Å². The second kappa shape index (κ2) is 9.85. The minimum absolute atomic E-state index is 0.163. The summed E-state index contributed by atoms with van der Waals surface area (Å²) < 4.78 is 0. The Kier molecular flexibility index (Phi) is 7.74. The van der Waals surface area contributed by atoms with Crippen molar-refractivity contribution in [2.75, 3.05) is 0 Å². The molecule has 8 atom stereocenters. The van der Waals surface area contributed by atoms with Gasteiger partial charge in [-0.1, -0.05) is 78.9 Å². The molecule has 0 heterocycles. The van der Waals surface area contributed by atoms with E-state index < -0.39 is 0 Å². The summed E-state index contributed by atoms with van der Waals surface area (Å²) in [7, 11) is 0. The van der Waals surface area contributed by atoms with Gasteiger partial charge in [-0.25, -0.2) is 0 Å². The maximum Gasteiger partial charge on any atom is 0.0578 e. The molecule has 0 radical (unpaired) electrons. The van der Waals surface area contributed by atoms with Gasteiger partial charge in [-0.05, 0) is 111 Å². The number of fused-ring (bicyclic) bond motifs is 5. The number of hydrogen-bond acceptors (Lipinski definition) is 2. The van der Waals surface area contributed by atoms with Crippen molar-refractivity contribution in [3.05, 3.63) is 11.1 Å². The van der Waals surface area contributed by atoms with E-state index in [9.17, 15) is 5.11 Å². The van der Waals surface area contributed by atoms with Crippen LogP contribution in [0.15, 0.2) is 11.1 Å². The van der Waals surface area contributed by atoms with Gasteiger partial charge in [0, 0.05) is 5.54 Å². The highest BCUT2D eigenvalue weighted by atomic mass is 16.3. The van der Waals surface area contributed by atoms with E-state index in [1.807, 2.05) is 0 Å². The van der Waals surface area contributed by atoms with Crippen molar-refractivity contribution in [2.45, 2.75) is 144 Å². The van der Waals surface area contributed by atoms with Crippen molar-refractivity contribution < 1.29 is 5.11 Å². The molecule has 0 amide bonds. The molecule has 0 aliphatic heterocycles. The molecule has 4 aliphatic rings. The number of aliphatic hydroxyl groups excluding tert-OH is 1. The second-order valence-electron chi connectivity index (χ2n) is 14.2. The molecule has 3 saturated carbocycles. The van der Waals surface area contributed by atoms with Crippen molar-refractivity contribution in [2.24, 2.45) is 52.1 Å². The molecule has 3 N–H and O–H groups in total. The first kappa shape index (κ1) is 26.7. The molecule has 0 aromatic carbocycles. The minimum atomic E-state index is -0.186. The zero-order valence-corrected chi connectivity index (χ0v) is 23.8. The summed E-state index contributed by atoms with van der Waals surface area (Å²) in [6.45, 7) is 17.2. The standard InChI is InChI=1S/C32H57NO/c1-8-32(33,9-2)29-20-24-26-14-13-25(22(5)12-10-11-21(3)4)30(26,6)18-16-27(24)31(7)17-15-23(34)19-28(29)31/h21-27,34H,8-20,33H2,1-7H3/t22-,23+,24+,25-,26+,27+,30-,31-/m1/s1. The van der Waals surface area contributed by atoms with Gasteiger partial charge in [0.2, 0.25) is 0 Å². The van der Waals surface area contributed by atoms with Crippen LogP contribution in [0.2, 0.25) is 0 Å². The van der Waals surface area contributed by atoms with Gasteiger partial charge in [0.1, 0.15) is 0 Å². The Labute approximate surface area is 211 Å². The average Bonchev–Trinajstić information content (AvgIpc) is 3.15. The lowest BCUT2D eigenvalue weighted by molar-refractivity contribution is -0.0618. The summed E-state index contributed by atoms with van der Waals surface area (Å²) in [5.41, 5.74) is 11.0. The van der Waals surface area contributed by atoms with Gasteiger partial charge in [0.15, 0.2) is 0 Å². The van der Waals surface area contributed by atoms with Gasteiger partial charge in [-0.3, -0.25) is 0 Å². The third-order valence-corrected chi connectivity index (χ3v) is 12.2. The van der Waals surface area contributed by atoms with E-state index in [2.05, 4.69) is 48.5 Å². The van der Waals surface area contributed by atoms with E-state index in [0.717, 1.165) is 67.6 Å². The Morgan fingerprint density at radius 3 is 2.29 bits per heavy atom. The maximum atomic E-state index is 10.7. The molecule has 0 unspecified atom stereocenters. The predicted molar refractivity (Wildman–Crippen MR) is 145 cm³/mol. The molecule has 0 saturated heterocycles. The molecule has 34 heavy (non-hydrogen) atoms. The maximum absolute atomic E-state index is 10.7. The monoisotopic (exact) mass is 471 g/mol. The molecule has 196 valence electrons. The lowest BCUT2D eigenvalue weighted by Gasteiger charge is -2.61. The summed E-state index contributed by atoms with van der Waals surface area (Å²) in [4.78, 5) is 0. The second-order valence-corrected chi connectivity index (χ2v) is 14.2. The fraction of sp³-hybridized carbons (Fsp3) is 0.938. The Bertz CT molecular complexity index is 750. The number of nitrogens with two attached hydrogens (primary N) is 1. The van der Waals surface area contributed by atoms with Gasteiger partial charge < -0.3 is 10.8 Å². The molecule has 2 nitrogen and oxygen atoms in total. The molecule has 0 spiro atoms. The van der Waals surface area contributed by atoms with Crippen LogP contribution in [0, 0.1) is 46.3 Å². The minimum Gasteiger partial charge on any atom is -0.393 e. The number of rotatable bonds is 8. The zero-order chi connectivity index (χ0) is 24.9. The van der Waals surface area contributed by atoms with E-state index in [4.69, 9.17) is 5.73 Å². The SMILES string of the molecule is CCC(N)(CC)C1=C2C[C@@H](O)CC[C@]2(C)[C@H]2CC[C@]3(C)[C@@H]([C@H](C)CCCC(C)C)CC[C@H]3[C@@H]2C1. The molecular formula is C32H57NO. The van der Waals surface area contributed by atoms with Gasteiger partial charge in [0.05, 0.1) is 6.10 Å². The van der Waals surface area contributed by atoms with Crippen molar-refractivity contribution >= 4 is 0 Å². The Morgan fingerprint density at radius 2 is 1.65 bits per heavy atom. The van der Waals surface area contributed by atoms with Crippen molar-refractivity contribution in [3.8, 4) is 0 Å². The number of aliphatic hydroxyl groups is 1.